The first-order valence-electron chi connectivity index (χ1n) is 6.99. The predicted molar refractivity (Wildman–Crippen MR) is 89.1 cm³/mol. The third kappa shape index (κ3) is 4.27. The van der Waals surface area contributed by atoms with Crippen LogP contribution in [0.25, 0.3) is 0 Å². The van der Waals surface area contributed by atoms with Crippen LogP contribution in [0.1, 0.15) is 19.3 Å². The number of carbonyl (C=O) groups excluding carboxylic acids is 1. The number of anilines is 1. The fraction of sp³-hybridized carbons (Fsp3) is 0.500. The molecule has 1 fully saturated rings. The largest absolute Gasteiger partial charge is 0.343 e. The molecule has 0 aliphatic carbocycles. The summed E-state index contributed by atoms with van der Waals surface area (Å²) >= 11 is 11.8. The molecule has 1 amide bonds. The molecule has 0 atom stereocenters. The van der Waals surface area contributed by atoms with Gasteiger partial charge in [0.25, 0.3) is 0 Å². The van der Waals surface area contributed by atoms with Gasteiger partial charge >= 0.3 is 0 Å². The minimum Gasteiger partial charge on any atom is -0.343 e. The lowest BCUT2D eigenvalue weighted by Crippen LogP contribution is -2.35. The molecule has 1 aromatic rings. The lowest BCUT2D eigenvalue weighted by Gasteiger charge is -2.24. The number of hydrogen-bond acceptors (Lipinski definition) is 3. The molecule has 0 N–H and O–H groups in total. The summed E-state index contributed by atoms with van der Waals surface area (Å²) in [5.74, 6) is -0.0220. The third-order valence-corrected chi connectivity index (χ3v) is 5.51. The fourth-order valence-corrected chi connectivity index (χ4v) is 3.66. The summed E-state index contributed by atoms with van der Waals surface area (Å²) in [6, 6.07) is 4.61. The third-order valence-electron chi connectivity index (χ3n) is 3.58. The van der Waals surface area contributed by atoms with Crippen LogP contribution < -0.4 is 4.31 Å². The van der Waals surface area contributed by atoms with Crippen molar-refractivity contribution in [2.24, 2.45) is 0 Å². The van der Waals surface area contributed by atoms with E-state index in [0.717, 1.165) is 32.2 Å². The van der Waals surface area contributed by atoms with Crippen molar-refractivity contribution < 1.29 is 13.2 Å². The Morgan fingerprint density at radius 2 is 1.86 bits per heavy atom. The molecule has 0 radical (unpaired) electrons. The fourth-order valence-electron chi connectivity index (χ4n) is 2.45. The number of nitrogens with zero attached hydrogens (tertiary/aromatic N) is 2. The minimum absolute atomic E-state index is 0.0220. The number of sulfonamides is 1. The number of benzene rings is 1. The molecule has 2 rings (SSSR count). The van der Waals surface area contributed by atoms with Gasteiger partial charge in [0.05, 0.1) is 22.0 Å². The smallest absolute Gasteiger partial charge is 0.232 e. The number of amides is 1. The van der Waals surface area contributed by atoms with Gasteiger partial charge in [0, 0.05) is 26.1 Å². The Morgan fingerprint density at radius 1 is 1.23 bits per heavy atom. The zero-order valence-corrected chi connectivity index (χ0v) is 14.6. The Kier molecular flexibility index (Phi) is 5.58. The van der Waals surface area contributed by atoms with E-state index in [0.29, 0.717) is 10.7 Å². The van der Waals surface area contributed by atoms with Crippen molar-refractivity contribution in [1.82, 2.24) is 4.90 Å². The highest BCUT2D eigenvalue weighted by atomic mass is 35.5. The minimum atomic E-state index is -3.51. The van der Waals surface area contributed by atoms with E-state index in [2.05, 4.69) is 0 Å². The zero-order chi connectivity index (χ0) is 16.3. The van der Waals surface area contributed by atoms with E-state index < -0.39 is 10.0 Å². The normalized spacial score (nSPS) is 15.1. The molecule has 122 valence electrons. The molecule has 1 aromatic carbocycles. The second-order valence-electron chi connectivity index (χ2n) is 5.27. The summed E-state index contributed by atoms with van der Waals surface area (Å²) in [6.07, 6.45) is 3.27. The van der Waals surface area contributed by atoms with Gasteiger partial charge in [0.15, 0.2) is 0 Å². The van der Waals surface area contributed by atoms with Gasteiger partial charge in [-0.15, -0.1) is 0 Å². The molecule has 5 nitrogen and oxygen atoms in total. The quantitative estimate of drug-likeness (QED) is 0.806. The molecule has 1 saturated heterocycles. The molecule has 1 aliphatic rings. The molecule has 0 bridgehead atoms. The maximum Gasteiger partial charge on any atom is 0.232 e. The van der Waals surface area contributed by atoms with Crippen molar-refractivity contribution >= 4 is 44.8 Å². The first-order valence-corrected chi connectivity index (χ1v) is 9.60. The molecular formula is C14H18Cl2N2O3S. The highest BCUT2D eigenvalue weighted by Gasteiger charge is 2.22. The number of carbonyl (C=O) groups is 1. The van der Waals surface area contributed by atoms with Crippen LogP contribution in [0.3, 0.4) is 0 Å². The highest BCUT2D eigenvalue weighted by molar-refractivity contribution is 7.92. The molecule has 1 aliphatic heterocycles. The van der Waals surface area contributed by atoms with Crippen molar-refractivity contribution in [2.45, 2.75) is 19.3 Å². The average molecular weight is 365 g/mol. The summed E-state index contributed by atoms with van der Waals surface area (Å²) < 4.78 is 25.2. The lowest BCUT2D eigenvalue weighted by molar-refractivity contribution is -0.129. The van der Waals surface area contributed by atoms with Crippen LogP contribution in [0, 0.1) is 0 Å². The Morgan fingerprint density at radius 3 is 2.41 bits per heavy atom. The maximum absolute atomic E-state index is 12.1. The second kappa shape index (κ2) is 7.06. The van der Waals surface area contributed by atoms with Crippen LogP contribution in [0.4, 0.5) is 5.69 Å². The van der Waals surface area contributed by atoms with Crippen LogP contribution in [-0.4, -0.2) is 45.1 Å². The standard InChI is InChI=1S/C14H18Cl2N2O3S/c1-22(20,21)18(11-4-5-12(15)13(16)10-11)9-6-14(19)17-7-2-3-8-17/h4-5,10H,2-3,6-9H2,1H3. The Bertz CT molecular complexity index is 658. The second-order valence-corrected chi connectivity index (χ2v) is 7.99. The van der Waals surface area contributed by atoms with Crippen molar-refractivity contribution in [3.63, 3.8) is 0 Å². The molecule has 1 heterocycles. The predicted octanol–water partition coefficient (Wildman–Crippen LogP) is 2.77. The van der Waals surface area contributed by atoms with Crippen molar-refractivity contribution in [3.05, 3.63) is 28.2 Å². The lowest BCUT2D eigenvalue weighted by atomic mass is 10.3. The first-order chi connectivity index (χ1) is 10.3. The van der Waals surface area contributed by atoms with Crippen LogP contribution >= 0.6 is 23.2 Å². The van der Waals surface area contributed by atoms with Crippen LogP contribution in [0.5, 0.6) is 0 Å². The number of rotatable bonds is 5. The van der Waals surface area contributed by atoms with E-state index in [4.69, 9.17) is 23.2 Å². The van der Waals surface area contributed by atoms with Gasteiger partial charge in [0.2, 0.25) is 15.9 Å². The van der Waals surface area contributed by atoms with Gasteiger partial charge in [-0.25, -0.2) is 8.42 Å². The van der Waals surface area contributed by atoms with E-state index >= 15 is 0 Å². The van der Waals surface area contributed by atoms with E-state index in [-0.39, 0.29) is 23.9 Å². The topological polar surface area (TPSA) is 57.7 Å². The van der Waals surface area contributed by atoms with E-state index in [1.807, 2.05) is 0 Å². The number of likely N-dealkylation sites (tertiary alicyclic amines) is 1. The van der Waals surface area contributed by atoms with Crippen LogP contribution in [0.15, 0.2) is 18.2 Å². The summed E-state index contributed by atoms with van der Waals surface area (Å²) in [6.45, 7) is 1.60. The SMILES string of the molecule is CS(=O)(=O)N(CCC(=O)N1CCCC1)c1ccc(Cl)c(Cl)c1. The summed E-state index contributed by atoms with van der Waals surface area (Å²) in [4.78, 5) is 13.9. The van der Waals surface area contributed by atoms with E-state index in [9.17, 15) is 13.2 Å². The van der Waals surface area contributed by atoms with Gasteiger partial charge in [-0.05, 0) is 31.0 Å². The molecule has 8 heteroatoms. The van der Waals surface area contributed by atoms with Crippen LogP contribution in [0.2, 0.25) is 10.0 Å². The Labute approximate surface area is 140 Å². The van der Waals surface area contributed by atoms with Gasteiger partial charge in [-0.1, -0.05) is 23.2 Å². The zero-order valence-electron chi connectivity index (χ0n) is 12.3. The van der Waals surface area contributed by atoms with Gasteiger partial charge in [0.1, 0.15) is 0 Å². The number of halogens is 2. The van der Waals surface area contributed by atoms with Crippen molar-refractivity contribution in [2.75, 3.05) is 30.2 Å². The summed E-state index contributed by atoms with van der Waals surface area (Å²) in [5.41, 5.74) is 0.408. The molecular weight excluding hydrogens is 347 g/mol. The average Bonchev–Trinajstić information content (AvgIpc) is 2.95. The van der Waals surface area contributed by atoms with Gasteiger partial charge in [-0.3, -0.25) is 9.10 Å². The summed E-state index contributed by atoms with van der Waals surface area (Å²) in [7, 11) is -3.51. The summed E-state index contributed by atoms with van der Waals surface area (Å²) in [5, 5.41) is 0.630. The maximum atomic E-state index is 12.1. The van der Waals surface area contributed by atoms with Crippen LogP contribution in [-0.2, 0) is 14.8 Å². The Balaban J connectivity index is 2.13. The van der Waals surface area contributed by atoms with E-state index in [1.165, 1.54) is 10.4 Å². The Hall–Kier alpha value is -0.980. The van der Waals surface area contributed by atoms with Crippen molar-refractivity contribution in [3.8, 4) is 0 Å². The molecule has 0 aromatic heterocycles. The van der Waals surface area contributed by atoms with Gasteiger partial charge < -0.3 is 4.90 Å². The number of hydrogen-bond donors (Lipinski definition) is 0. The highest BCUT2D eigenvalue weighted by Crippen LogP contribution is 2.28. The molecule has 0 spiro atoms. The van der Waals surface area contributed by atoms with Gasteiger partial charge in [-0.2, -0.15) is 0 Å². The molecule has 22 heavy (non-hydrogen) atoms. The first kappa shape index (κ1) is 17.4. The monoisotopic (exact) mass is 364 g/mol. The molecule has 0 unspecified atom stereocenters. The van der Waals surface area contributed by atoms with E-state index in [1.54, 1.807) is 17.0 Å². The molecule has 0 saturated carbocycles. The van der Waals surface area contributed by atoms with Crippen molar-refractivity contribution in [1.29, 1.82) is 0 Å².